The lowest BCUT2D eigenvalue weighted by Crippen LogP contribution is -1.77. The molecule has 60 valence electrons. The van der Waals surface area contributed by atoms with Gasteiger partial charge in [-0.25, -0.2) is 0 Å². The summed E-state index contributed by atoms with van der Waals surface area (Å²) in [7, 11) is 0. The third kappa shape index (κ3) is 1.21. The summed E-state index contributed by atoms with van der Waals surface area (Å²) in [5, 5.41) is 2.83. The molecule has 0 unspecified atom stereocenters. The summed E-state index contributed by atoms with van der Waals surface area (Å²) in [5.41, 5.74) is 0. The van der Waals surface area contributed by atoms with Crippen molar-refractivity contribution in [3.63, 3.8) is 0 Å². The number of rotatable bonds is 0. The van der Waals surface area contributed by atoms with E-state index in [1.54, 1.807) is 12.4 Å². The van der Waals surface area contributed by atoms with E-state index in [4.69, 9.17) is 11.6 Å². The molecule has 0 aliphatic heterocycles. The molecule has 0 atom stereocenters. The first-order valence-corrected chi connectivity index (χ1v) is 4.64. The van der Waals surface area contributed by atoms with E-state index in [2.05, 4.69) is 20.9 Å². The second kappa shape index (κ2) is 3.04. The molecule has 0 spiro atoms. The first-order valence-electron chi connectivity index (χ1n) is 3.47. The Morgan fingerprint density at radius 1 is 1.25 bits per heavy atom. The number of hydrogen-bond acceptors (Lipinski definition) is 1. The van der Waals surface area contributed by atoms with E-state index >= 15 is 0 Å². The van der Waals surface area contributed by atoms with Crippen LogP contribution in [0.25, 0.3) is 10.8 Å². The number of nitrogens with zero attached hydrogens (tertiary/aromatic N) is 1. The molecule has 0 saturated carbocycles. The molecule has 12 heavy (non-hydrogen) atoms. The number of aromatic nitrogens is 1. The minimum absolute atomic E-state index is 0.745. The van der Waals surface area contributed by atoms with Crippen LogP contribution in [-0.2, 0) is 0 Å². The number of fused-ring (bicyclic) bond motifs is 1. The van der Waals surface area contributed by atoms with Crippen molar-refractivity contribution >= 4 is 38.3 Å². The Labute approximate surface area is 83.5 Å². The lowest BCUT2D eigenvalue weighted by molar-refractivity contribution is 1.36. The second-order valence-corrected chi connectivity index (χ2v) is 3.69. The largest absolute Gasteiger partial charge is 0.264 e. The van der Waals surface area contributed by atoms with E-state index in [1.807, 2.05) is 18.2 Å². The third-order valence-electron chi connectivity index (χ3n) is 1.71. The molecule has 0 bridgehead atoms. The maximum absolute atomic E-state index is 6.05. The van der Waals surface area contributed by atoms with Crippen molar-refractivity contribution in [2.75, 3.05) is 0 Å². The SMILES string of the molecule is Clc1c(Br)ccc2cnccc12. The minimum Gasteiger partial charge on any atom is -0.264 e. The number of benzene rings is 1. The van der Waals surface area contributed by atoms with Crippen molar-refractivity contribution < 1.29 is 0 Å². The molecular formula is C9H5BrClN. The molecule has 0 aliphatic carbocycles. The average Bonchev–Trinajstić information content (AvgIpc) is 2.12. The summed E-state index contributed by atoms with van der Waals surface area (Å²) in [6.07, 6.45) is 3.54. The van der Waals surface area contributed by atoms with Crippen LogP contribution in [0.1, 0.15) is 0 Å². The minimum atomic E-state index is 0.745. The highest BCUT2D eigenvalue weighted by atomic mass is 79.9. The van der Waals surface area contributed by atoms with Gasteiger partial charge in [0.15, 0.2) is 0 Å². The first-order chi connectivity index (χ1) is 5.79. The van der Waals surface area contributed by atoms with Crippen LogP contribution in [-0.4, -0.2) is 4.98 Å². The predicted octanol–water partition coefficient (Wildman–Crippen LogP) is 3.65. The molecule has 3 heteroatoms. The summed E-state index contributed by atoms with van der Waals surface area (Å²) in [4.78, 5) is 4.01. The number of pyridine rings is 1. The van der Waals surface area contributed by atoms with Gasteiger partial charge in [0.2, 0.25) is 0 Å². The molecule has 0 aliphatic rings. The summed E-state index contributed by atoms with van der Waals surface area (Å²) < 4.78 is 0.919. The van der Waals surface area contributed by atoms with Crippen LogP contribution >= 0.6 is 27.5 Å². The van der Waals surface area contributed by atoms with Gasteiger partial charge in [0, 0.05) is 27.6 Å². The van der Waals surface area contributed by atoms with Gasteiger partial charge >= 0.3 is 0 Å². The van der Waals surface area contributed by atoms with Crippen LogP contribution in [0.3, 0.4) is 0 Å². The van der Waals surface area contributed by atoms with Gasteiger partial charge in [0.05, 0.1) is 5.02 Å². The van der Waals surface area contributed by atoms with Crippen molar-refractivity contribution in [1.29, 1.82) is 0 Å². The van der Waals surface area contributed by atoms with Crippen LogP contribution in [0, 0.1) is 0 Å². The topological polar surface area (TPSA) is 12.9 Å². The van der Waals surface area contributed by atoms with Gasteiger partial charge < -0.3 is 0 Å². The highest BCUT2D eigenvalue weighted by Gasteiger charge is 2.01. The molecule has 0 fully saturated rings. The molecule has 1 aromatic heterocycles. The van der Waals surface area contributed by atoms with E-state index in [-0.39, 0.29) is 0 Å². The van der Waals surface area contributed by atoms with Crippen LogP contribution in [0.2, 0.25) is 5.02 Å². The number of hydrogen-bond donors (Lipinski definition) is 0. The lowest BCUT2D eigenvalue weighted by atomic mass is 10.2. The molecule has 0 N–H and O–H groups in total. The second-order valence-electron chi connectivity index (χ2n) is 2.46. The van der Waals surface area contributed by atoms with E-state index in [0.717, 1.165) is 20.3 Å². The molecule has 1 aromatic carbocycles. The van der Waals surface area contributed by atoms with Crippen molar-refractivity contribution in [3.05, 3.63) is 40.1 Å². The Morgan fingerprint density at radius 2 is 2.08 bits per heavy atom. The van der Waals surface area contributed by atoms with E-state index < -0.39 is 0 Å². The zero-order valence-electron chi connectivity index (χ0n) is 6.09. The van der Waals surface area contributed by atoms with E-state index in [0.29, 0.717) is 0 Å². The molecule has 1 nitrogen and oxygen atoms in total. The highest BCUT2D eigenvalue weighted by Crippen LogP contribution is 2.29. The Morgan fingerprint density at radius 3 is 2.92 bits per heavy atom. The summed E-state index contributed by atoms with van der Waals surface area (Å²) >= 11 is 9.42. The Hall–Kier alpha value is -0.600. The summed E-state index contributed by atoms with van der Waals surface area (Å²) in [6, 6.07) is 5.81. The van der Waals surface area contributed by atoms with Crippen molar-refractivity contribution in [3.8, 4) is 0 Å². The monoisotopic (exact) mass is 241 g/mol. The predicted molar refractivity (Wildman–Crippen MR) is 54.5 cm³/mol. The van der Waals surface area contributed by atoms with Crippen LogP contribution in [0.15, 0.2) is 35.1 Å². The molecule has 2 rings (SSSR count). The van der Waals surface area contributed by atoms with Crippen molar-refractivity contribution in [1.82, 2.24) is 4.98 Å². The fourth-order valence-corrected chi connectivity index (χ4v) is 1.68. The quantitative estimate of drug-likeness (QED) is 0.687. The van der Waals surface area contributed by atoms with Gasteiger partial charge in [-0.05, 0) is 28.1 Å². The standard InChI is InChI=1S/C9H5BrClN/c10-8-2-1-6-5-12-4-3-7(6)9(8)11/h1-5H. The Kier molecular flexibility index (Phi) is 2.03. The van der Waals surface area contributed by atoms with Gasteiger partial charge in [-0.15, -0.1) is 0 Å². The van der Waals surface area contributed by atoms with Crippen LogP contribution in [0.4, 0.5) is 0 Å². The zero-order valence-corrected chi connectivity index (χ0v) is 8.43. The maximum atomic E-state index is 6.05. The fraction of sp³-hybridized carbons (Fsp3) is 0. The van der Waals surface area contributed by atoms with Gasteiger partial charge in [-0.3, -0.25) is 4.98 Å². The maximum Gasteiger partial charge on any atom is 0.0627 e. The lowest BCUT2D eigenvalue weighted by Gasteiger charge is -2.00. The normalized spacial score (nSPS) is 10.5. The Balaban J connectivity index is 2.91. The highest BCUT2D eigenvalue weighted by molar-refractivity contribution is 9.10. The van der Waals surface area contributed by atoms with Crippen LogP contribution in [0.5, 0.6) is 0 Å². The molecule has 1 heterocycles. The van der Waals surface area contributed by atoms with Gasteiger partial charge in [0.25, 0.3) is 0 Å². The summed E-state index contributed by atoms with van der Waals surface area (Å²) in [6.45, 7) is 0. The third-order valence-corrected chi connectivity index (χ3v) is 3.00. The Bertz CT molecular complexity index is 428. The smallest absolute Gasteiger partial charge is 0.0627 e. The molecule has 0 amide bonds. The number of halogens is 2. The van der Waals surface area contributed by atoms with Gasteiger partial charge in [0.1, 0.15) is 0 Å². The zero-order chi connectivity index (χ0) is 8.55. The average molecular weight is 243 g/mol. The van der Waals surface area contributed by atoms with Crippen molar-refractivity contribution in [2.24, 2.45) is 0 Å². The molecule has 2 aromatic rings. The molecular weight excluding hydrogens is 237 g/mol. The van der Waals surface area contributed by atoms with Crippen molar-refractivity contribution in [2.45, 2.75) is 0 Å². The van der Waals surface area contributed by atoms with E-state index in [9.17, 15) is 0 Å². The summed E-state index contributed by atoms with van der Waals surface area (Å²) in [5.74, 6) is 0. The van der Waals surface area contributed by atoms with E-state index in [1.165, 1.54) is 0 Å². The fourth-order valence-electron chi connectivity index (χ4n) is 1.10. The molecule has 0 radical (unpaired) electrons. The first kappa shape index (κ1) is 8.02. The van der Waals surface area contributed by atoms with Gasteiger partial charge in [-0.1, -0.05) is 17.7 Å². The molecule has 0 saturated heterocycles. The van der Waals surface area contributed by atoms with Gasteiger partial charge in [-0.2, -0.15) is 0 Å². The van der Waals surface area contributed by atoms with Crippen LogP contribution < -0.4 is 0 Å².